The van der Waals surface area contributed by atoms with Crippen LogP contribution in [-0.2, 0) is 0 Å². The molecule has 0 aromatic heterocycles. The molecule has 0 saturated heterocycles. The van der Waals surface area contributed by atoms with E-state index in [1.807, 2.05) is 0 Å². The fourth-order valence-electron chi connectivity index (χ4n) is 0.888. The maximum atomic E-state index is 10.5. The molecule has 0 aliphatic rings. The van der Waals surface area contributed by atoms with E-state index in [2.05, 4.69) is 5.32 Å². The summed E-state index contributed by atoms with van der Waals surface area (Å²) in [5.74, 6) is -0.907. The van der Waals surface area contributed by atoms with Crippen LogP contribution in [0.25, 0.3) is 0 Å². The van der Waals surface area contributed by atoms with Crippen molar-refractivity contribution in [3.8, 4) is 0 Å². The molecule has 0 aliphatic heterocycles. The second-order valence-corrected chi connectivity index (χ2v) is 2.10. The van der Waals surface area contributed by atoms with Crippen LogP contribution in [0.5, 0.6) is 0 Å². The first-order chi connectivity index (χ1) is 5.25. The average Bonchev–Trinajstić information content (AvgIpc) is 2.04. The Morgan fingerprint density at radius 2 is 2.00 bits per heavy atom. The first-order valence-corrected chi connectivity index (χ1v) is 3.26. The van der Waals surface area contributed by atoms with Gasteiger partial charge in [-0.3, -0.25) is 0 Å². The molecule has 0 unspecified atom stereocenters. The quantitative estimate of drug-likeness (QED) is 0.737. The van der Waals surface area contributed by atoms with Crippen molar-refractivity contribution in [2.45, 2.75) is 0 Å². The summed E-state index contributed by atoms with van der Waals surface area (Å²) < 4.78 is 0. The van der Waals surface area contributed by atoms with Crippen LogP contribution < -0.4 is 5.32 Å². The molecular weight excluding hydrogens is 215 g/mol. The zero-order chi connectivity index (χ0) is 8.27. The number of carboxylic acid groups (broad SMARTS) is 1. The van der Waals surface area contributed by atoms with Gasteiger partial charge in [-0.2, -0.15) is 0 Å². The topological polar surface area (TPSA) is 49.3 Å². The third-order valence-corrected chi connectivity index (χ3v) is 1.43. The molecule has 12 heavy (non-hydrogen) atoms. The SMILES string of the molecule is CNc1ccccc1C(=O)O.[Ge]. The molecule has 1 aromatic rings. The Kier molecular flexibility index (Phi) is 4.43. The molecule has 0 spiro atoms. The Bertz CT molecular complexity index is 276. The summed E-state index contributed by atoms with van der Waals surface area (Å²) in [4.78, 5) is 10.5. The fourth-order valence-corrected chi connectivity index (χ4v) is 0.888. The summed E-state index contributed by atoms with van der Waals surface area (Å²) in [6, 6.07) is 6.78. The smallest absolute Gasteiger partial charge is 0.337 e. The number of anilines is 1. The third kappa shape index (κ3) is 2.27. The number of aromatic carboxylic acids is 1. The molecule has 0 bridgehead atoms. The molecule has 1 aromatic carbocycles. The van der Waals surface area contributed by atoms with Gasteiger partial charge in [0.05, 0.1) is 5.56 Å². The van der Waals surface area contributed by atoms with E-state index in [1.54, 1.807) is 31.3 Å². The molecule has 2 N–H and O–H groups in total. The van der Waals surface area contributed by atoms with Crippen molar-refractivity contribution in [2.24, 2.45) is 0 Å². The predicted molar refractivity (Wildman–Crippen MR) is 48.7 cm³/mol. The monoisotopic (exact) mass is 225 g/mol. The standard InChI is InChI=1S/C8H9NO2.Ge/c1-9-7-5-3-2-4-6(7)8(10)11;/h2-5,9H,1H3,(H,10,11);. The first-order valence-electron chi connectivity index (χ1n) is 3.26. The molecular formula is C8H9GeNO2. The van der Waals surface area contributed by atoms with Gasteiger partial charge < -0.3 is 10.4 Å². The molecule has 1 rings (SSSR count). The second-order valence-electron chi connectivity index (χ2n) is 2.10. The summed E-state index contributed by atoms with van der Waals surface area (Å²) in [7, 11) is 1.70. The molecule has 3 nitrogen and oxygen atoms in total. The Morgan fingerprint density at radius 3 is 2.42 bits per heavy atom. The van der Waals surface area contributed by atoms with E-state index in [4.69, 9.17) is 5.11 Å². The maximum absolute atomic E-state index is 10.5. The summed E-state index contributed by atoms with van der Waals surface area (Å²) in [6.45, 7) is 0. The van der Waals surface area contributed by atoms with Crippen LogP contribution in [0.15, 0.2) is 24.3 Å². The molecule has 0 atom stereocenters. The van der Waals surface area contributed by atoms with Crippen molar-refractivity contribution in [3.63, 3.8) is 0 Å². The van der Waals surface area contributed by atoms with Crippen molar-refractivity contribution in [1.29, 1.82) is 0 Å². The van der Waals surface area contributed by atoms with Gasteiger partial charge in [0.25, 0.3) is 0 Å². The van der Waals surface area contributed by atoms with Gasteiger partial charge in [0.15, 0.2) is 0 Å². The van der Waals surface area contributed by atoms with Gasteiger partial charge in [0, 0.05) is 30.3 Å². The zero-order valence-electron chi connectivity index (χ0n) is 6.66. The van der Waals surface area contributed by atoms with Crippen molar-refractivity contribution in [3.05, 3.63) is 29.8 Å². The van der Waals surface area contributed by atoms with E-state index in [9.17, 15) is 4.79 Å². The maximum Gasteiger partial charge on any atom is 0.337 e. The van der Waals surface area contributed by atoms with Gasteiger partial charge in [-0.15, -0.1) is 0 Å². The van der Waals surface area contributed by atoms with E-state index in [1.165, 1.54) is 0 Å². The summed E-state index contributed by atoms with van der Waals surface area (Å²) >= 11 is 0. The number of hydrogen-bond donors (Lipinski definition) is 2. The number of hydrogen-bond acceptors (Lipinski definition) is 2. The van der Waals surface area contributed by atoms with Crippen molar-refractivity contribution in [2.75, 3.05) is 12.4 Å². The van der Waals surface area contributed by atoms with Gasteiger partial charge in [0.2, 0.25) is 0 Å². The summed E-state index contributed by atoms with van der Waals surface area (Å²) in [5.41, 5.74) is 0.940. The molecule has 0 saturated carbocycles. The normalized spacial score (nSPS) is 8.42. The molecule has 4 heteroatoms. The minimum absolute atomic E-state index is 0. The molecule has 0 heterocycles. The van der Waals surface area contributed by atoms with Crippen molar-refractivity contribution in [1.82, 2.24) is 0 Å². The van der Waals surface area contributed by atoms with E-state index in [0.29, 0.717) is 11.3 Å². The Morgan fingerprint density at radius 1 is 1.42 bits per heavy atom. The first kappa shape index (κ1) is 11.0. The number of carboxylic acids is 1. The largest absolute Gasteiger partial charge is 0.478 e. The predicted octanol–water partition coefficient (Wildman–Crippen LogP) is 1.05. The number of para-hydroxylation sites is 1. The molecule has 0 aliphatic carbocycles. The number of benzene rings is 1. The van der Waals surface area contributed by atoms with Crippen LogP contribution in [-0.4, -0.2) is 35.7 Å². The third-order valence-electron chi connectivity index (χ3n) is 1.43. The number of carbonyl (C=O) groups is 1. The van der Waals surface area contributed by atoms with E-state index in [0.717, 1.165) is 0 Å². The van der Waals surface area contributed by atoms with Gasteiger partial charge in [-0.05, 0) is 12.1 Å². The Hall–Kier alpha value is -0.967. The van der Waals surface area contributed by atoms with Gasteiger partial charge in [-0.25, -0.2) is 4.79 Å². The number of rotatable bonds is 2. The Balaban J connectivity index is 0.00000121. The molecule has 0 amide bonds. The van der Waals surface area contributed by atoms with Crippen LogP contribution in [0.1, 0.15) is 10.4 Å². The van der Waals surface area contributed by atoms with Crippen molar-refractivity contribution >= 4 is 29.3 Å². The van der Waals surface area contributed by atoms with Crippen LogP contribution in [0, 0.1) is 0 Å². The minimum atomic E-state index is -0.907. The van der Waals surface area contributed by atoms with E-state index in [-0.39, 0.29) is 17.6 Å². The van der Waals surface area contributed by atoms with Crippen molar-refractivity contribution < 1.29 is 9.90 Å². The van der Waals surface area contributed by atoms with Crippen LogP contribution >= 0.6 is 0 Å². The van der Waals surface area contributed by atoms with E-state index >= 15 is 0 Å². The van der Waals surface area contributed by atoms with Gasteiger partial charge in [0.1, 0.15) is 0 Å². The zero-order valence-corrected chi connectivity index (χ0v) is 8.76. The van der Waals surface area contributed by atoms with Gasteiger partial charge >= 0.3 is 5.97 Å². The average molecular weight is 224 g/mol. The van der Waals surface area contributed by atoms with Gasteiger partial charge in [-0.1, -0.05) is 12.1 Å². The fraction of sp³-hybridized carbons (Fsp3) is 0.125. The van der Waals surface area contributed by atoms with E-state index < -0.39 is 5.97 Å². The van der Waals surface area contributed by atoms with Crippen LogP contribution in [0.2, 0.25) is 0 Å². The second kappa shape index (κ2) is 4.82. The Labute approximate surface area is 81.8 Å². The summed E-state index contributed by atoms with van der Waals surface area (Å²) in [5, 5.41) is 11.5. The molecule has 62 valence electrons. The molecule has 0 fully saturated rings. The number of nitrogens with one attached hydrogen (secondary N) is 1. The molecule has 4 radical (unpaired) electrons. The minimum Gasteiger partial charge on any atom is -0.478 e. The van der Waals surface area contributed by atoms with Crippen LogP contribution in [0.4, 0.5) is 5.69 Å². The summed E-state index contributed by atoms with van der Waals surface area (Å²) in [6.07, 6.45) is 0. The van der Waals surface area contributed by atoms with Crippen LogP contribution in [0.3, 0.4) is 0 Å².